The Balaban J connectivity index is 2.05. The molecule has 1 saturated heterocycles. The van der Waals surface area contributed by atoms with Crippen LogP contribution in [0.2, 0.25) is 0 Å². The quantitative estimate of drug-likeness (QED) is 0.507. The van der Waals surface area contributed by atoms with E-state index < -0.39 is 0 Å². The summed E-state index contributed by atoms with van der Waals surface area (Å²) < 4.78 is -0.304. The van der Waals surface area contributed by atoms with Crippen LogP contribution >= 0.6 is 11.8 Å². The molecule has 0 saturated carbocycles. The fraction of sp³-hybridized carbons (Fsp3) is 0.429. The maximum Gasteiger partial charge on any atom is 0.240 e. The van der Waals surface area contributed by atoms with E-state index in [0.717, 1.165) is 29.8 Å². The van der Waals surface area contributed by atoms with Crippen LogP contribution in [-0.2, 0) is 4.79 Å². The van der Waals surface area contributed by atoms with Gasteiger partial charge in [0.05, 0.1) is 10.5 Å². The first-order chi connectivity index (χ1) is 9.05. The second-order valence-corrected chi connectivity index (χ2v) is 6.50. The number of anilines is 1. The average Bonchev–Trinajstić information content (AvgIpc) is 2.87. The molecule has 0 bridgehead atoms. The van der Waals surface area contributed by atoms with Crippen molar-refractivity contribution >= 4 is 29.1 Å². The van der Waals surface area contributed by atoms with Gasteiger partial charge in [-0.3, -0.25) is 4.79 Å². The number of nitrogens with one attached hydrogen (secondary N) is 1. The molecule has 1 aliphatic rings. The van der Waals surface area contributed by atoms with Crippen molar-refractivity contribution in [2.45, 2.75) is 31.4 Å². The predicted octanol–water partition coefficient (Wildman–Crippen LogP) is 3.11. The normalized spacial score (nSPS) is 23.4. The molecule has 4 nitrogen and oxygen atoms in total. The number of carbonyl (C=O) groups excluding carboxylic acids is 1. The highest BCUT2D eigenvalue weighted by Crippen LogP contribution is 2.38. The van der Waals surface area contributed by atoms with E-state index in [2.05, 4.69) is 10.5 Å². The number of nitrogens with zero attached hydrogens (tertiary/aromatic N) is 1. The fourth-order valence-corrected chi connectivity index (χ4v) is 3.28. The molecule has 0 aliphatic carbocycles. The molecule has 102 valence electrons. The SMILES string of the molecule is C/C(=N/O)c1ccc(NC(=O)C2(C)CCCS2)cc1. The molecule has 0 spiro atoms. The number of benzene rings is 1. The van der Waals surface area contributed by atoms with Crippen LogP contribution < -0.4 is 5.32 Å². The van der Waals surface area contributed by atoms with Gasteiger partial charge in [0.1, 0.15) is 0 Å². The summed E-state index contributed by atoms with van der Waals surface area (Å²) in [5.74, 6) is 1.12. The van der Waals surface area contributed by atoms with Gasteiger partial charge < -0.3 is 10.5 Å². The molecule has 2 rings (SSSR count). The molecule has 1 atom stereocenters. The van der Waals surface area contributed by atoms with Gasteiger partial charge in [0, 0.05) is 5.69 Å². The molecule has 1 aliphatic heterocycles. The Kier molecular flexibility index (Phi) is 4.14. The van der Waals surface area contributed by atoms with Crippen molar-refractivity contribution in [3.63, 3.8) is 0 Å². The smallest absolute Gasteiger partial charge is 0.240 e. The zero-order valence-corrected chi connectivity index (χ0v) is 12.0. The van der Waals surface area contributed by atoms with Crippen molar-refractivity contribution < 1.29 is 10.0 Å². The lowest BCUT2D eigenvalue weighted by Gasteiger charge is -2.21. The van der Waals surface area contributed by atoms with E-state index in [4.69, 9.17) is 5.21 Å². The lowest BCUT2D eigenvalue weighted by Crippen LogP contribution is -2.34. The van der Waals surface area contributed by atoms with E-state index in [1.807, 2.05) is 31.2 Å². The van der Waals surface area contributed by atoms with Gasteiger partial charge in [0.2, 0.25) is 5.91 Å². The third-order valence-electron chi connectivity index (χ3n) is 3.41. The number of thioether (sulfide) groups is 1. The number of oxime groups is 1. The lowest BCUT2D eigenvalue weighted by molar-refractivity contribution is -0.118. The van der Waals surface area contributed by atoms with Gasteiger partial charge in [-0.25, -0.2) is 0 Å². The summed E-state index contributed by atoms with van der Waals surface area (Å²) in [6.45, 7) is 3.72. The van der Waals surface area contributed by atoms with Crippen molar-refractivity contribution in [2.24, 2.45) is 5.16 Å². The van der Waals surface area contributed by atoms with Crippen molar-refractivity contribution in [1.82, 2.24) is 0 Å². The van der Waals surface area contributed by atoms with Gasteiger partial charge in [-0.05, 0) is 50.1 Å². The van der Waals surface area contributed by atoms with Gasteiger partial charge in [-0.15, -0.1) is 11.8 Å². The summed E-state index contributed by atoms with van der Waals surface area (Å²) in [6.07, 6.45) is 2.03. The summed E-state index contributed by atoms with van der Waals surface area (Å²) in [7, 11) is 0. The average molecular weight is 278 g/mol. The van der Waals surface area contributed by atoms with Crippen LogP contribution in [0.15, 0.2) is 29.4 Å². The minimum atomic E-state index is -0.304. The maximum atomic E-state index is 12.2. The van der Waals surface area contributed by atoms with Crippen LogP contribution in [0.25, 0.3) is 0 Å². The summed E-state index contributed by atoms with van der Waals surface area (Å²) in [4.78, 5) is 12.2. The van der Waals surface area contributed by atoms with Crippen LogP contribution in [0.3, 0.4) is 0 Å². The third kappa shape index (κ3) is 3.10. The van der Waals surface area contributed by atoms with Gasteiger partial charge in [0.15, 0.2) is 0 Å². The molecule has 0 aromatic heterocycles. The Morgan fingerprint density at radius 3 is 2.63 bits per heavy atom. The van der Waals surface area contributed by atoms with E-state index in [1.165, 1.54) is 0 Å². The number of hydrogen-bond acceptors (Lipinski definition) is 4. The van der Waals surface area contributed by atoms with Crippen LogP contribution in [-0.4, -0.2) is 27.3 Å². The highest BCUT2D eigenvalue weighted by atomic mass is 32.2. The fourth-order valence-electron chi connectivity index (χ4n) is 2.07. The maximum absolute atomic E-state index is 12.2. The minimum Gasteiger partial charge on any atom is -0.411 e. The summed E-state index contributed by atoms with van der Waals surface area (Å²) in [6, 6.07) is 7.30. The standard InChI is InChI=1S/C14H18N2O2S/c1-10(16-18)11-4-6-12(7-5-11)15-13(17)14(2)8-3-9-19-14/h4-7,18H,3,8-9H2,1-2H3,(H,15,17)/b16-10-. The molecule has 1 aromatic carbocycles. The zero-order chi connectivity index (χ0) is 13.9. The Morgan fingerprint density at radius 2 is 2.11 bits per heavy atom. The molecule has 19 heavy (non-hydrogen) atoms. The van der Waals surface area contributed by atoms with Crippen molar-refractivity contribution in [2.75, 3.05) is 11.1 Å². The van der Waals surface area contributed by atoms with Crippen LogP contribution in [0.5, 0.6) is 0 Å². The van der Waals surface area contributed by atoms with Gasteiger partial charge in [0.25, 0.3) is 0 Å². The molecule has 0 radical (unpaired) electrons. The van der Waals surface area contributed by atoms with Crippen molar-refractivity contribution in [3.8, 4) is 0 Å². The number of rotatable bonds is 3. The first-order valence-electron chi connectivity index (χ1n) is 6.30. The van der Waals surface area contributed by atoms with E-state index in [-0.39, 0.29) is 10.7 Å². The van der Waals surface area contributed by atoms with Gasteiger partial charge in [-0.2, -0.15) is 0 Å². The van der Waals surface area contributed by atoms with Gasteiger partial charge >= 0.3 is 0 Å². The van der Waals surface area contributed by atoms with E-state index in [9.17, 15) is 4.79 Å². The summed E-state index contributed by atoms with van der Waals surface area (Å²) in [5.41, 5.74) is 2.16. The van der Waals surface area contributed by atoms with Crippen molar-refractivity contribution in [1.29, 1.82) is 0 Å². The topological polar surface area (TPSA) is 61.7 Å². The largest absolute Gasteiger partial charge is 0.411 e. The summed E-state index contributed by atoms with van der Waals surface area (Å²) in [5, 5.41) is 14.8. The first kappa shape index (κ1) is 13.9. The van der Waals surface area contributed by atoms with Crippen LogP contribution in [0.1, 0.15) is 32.3 Å². The number of amides is 1. The number of carbonyl (C=O) groups is 1. The Hall–Kier alpha value is -1.49. The minimum absolute atomic E-state index is 0.0651. The summed E-state index contributed by atoms with van der Waals surface area (Å²) >= 11 is 1.72. The van der Waals surface area contributed by atoms with Crippen LogP contribution in [0.4, 0.5) is 5.69 Å². The molecule has 5 heteroatoms. The molecule has 1 fully saturated rings. The molecule has 1 unspecified atom stereocenters. The highest BCUT2D eigenvalue weighted by Gasteiger charge is 2.37. The first-order valence-corrected chi connectivity index (χ1v) is 7.28. The predicted molar refractivity (Wildman–Crippen MR) is 79.2 cm³/mol. The van der Waals surface area contributed by atoms with Crippen LogP contribution in [0, 0.1) is 0 Å². The van der Waals surface area contributed by atoms with Crippen molar-refractivity contribution in [3.05, 3.63) is 29.8 Å². The number of hydrogen-bond donors (Lipinski definition) is 2. The Labute approximate surface area is 117 Å². The highest BCUT2D eigenvalue weighted by molar-refractivity contribution is 8.01. The zero-order valence-electron chi connectivity index (χ0n) is 11.1. The Bertz CT molecular complexity index is 491. The molecular weight excluding hydrogens is 260 g/mol. The molecule has 1 heterocycles. The van der Waals surface area contributed by atoms with E-state index in [1.54, 1.807) is 18.7 Å². The Morgan fingerprint density at radius 1 is 1.42 bits per heavy atom. The third-order valence-corrected chi connectivity index (χ3v) is 4.93. The molecule has 1 aromatic rings. The molecular formula is C14H18N2O2S. The second kappa shape index (κ2) is 5.65. The van der Waals surface area contributed by atoms with Gasteiger partial charge in [-0.1, -0.05) is 17.3 Å². The lowest BCUT2D eigenvalue weighted by atomic mass is 10.0. The molecule has 2 N–H and O–H groups in total. The monoisotopic (exact) mass is 278 g/mol. The molecule has 1 amide bonds. The second-order valence-electron chi connectivity index (χ2n) is 4.90. The van der Waals surface area contributed by atoms with E-state index >= 15 is 0 Å². The van der Waals surface area contributed by atoms with E-state index in [0.29, 0.717) is 5.71 Å².